The number of hydrogen-bond donors (Lipinski definition) is 2. The van der Waals surface area contributed by atoms with E-state index in [0.29, 0.717) is 24.6 Å². The Hall–Kier alpha value is -0.650. The summed E-state index contributed by atoms with van der Waals surface area (Å²) >= 11 is 0. The van der Waals surface area contributed by atoms with Gasteiger partial charge in [-0.2, -0.15) is 0 Å². The maximum Gasteiger partial charge on any atom is 0.303 e. The van der Waals surface area contributed by atoms with E-state index in [1.807, 2.05) is 41.5 Å². The van der Waals surface area contributed by atoms with E-state index < -0.39 is 5.97 Å². The zero-order chi connectivity index (χ0) is 33.5. The lowest BCUT2D eigenvalue weighted by atomic mass is 9.85. The van der Waals surface area contributed by atoms with Crippen LogP contribution in [0.5, 0.6) is 0 Å². The number of ether oxygens (including phenoxy) is 1. The van der Waals surface area contributed by atoms with Gasteiger partial charge in [0.1, 0.15) is 0 Å². The molecule has 262 valence electrons. The third-order valence-corrected chi connectivity index (χ3v) is 8.88. The number of carbonyl (C=O) groups is 1. The van der Waals surface area contributed by atoms with Crippen LogP contribution >= 0.6 is 0 Å². The molecule has 6 atom stereocenters. The van der Waals surface area contributed by atoms with E-state index in [1.54, 1.807) is 0 Å². The van der Waals surface area contributed by atoms with E-state index in [4.69, 9.17) is 9.84 Å². The zero-order valence-corrected chi connectivity index (χ0v) is 31.6. The number of rotatable bonds is 17. The normalized spacial score (nSPS) is 24.9. The number of piperidine rings is 2. The number of carboxylic acids is 1. The van der Waals surface area contributed by atoms with Gasteiger partial charge in [0.2, 0.25) is 0 Å². The Labute approximate surface area is 272 Å². The number of aliphatic carboxylic acids is 1. The molecule has 0 saturated carbocycles. The Morgan fingerprint density at radius 1 is 0.744 bits per heavy atom. The Balaban J connectivity index is -0.000000838. The summed E-state index contributed by atoms with van der Waals surface area (Å²) in [5.41, 5.74) is 0. The molecule has 0 bridgehead atoms. The minimum atomic E-state index is -0.670. The molecular weight excluding hydrogens is 532 g/mol. The molecule has 5 nitrogen and oxygen atoms in total. The monoisotopic (exact) mass is 615 g/mol. The topological polar surface area (TPSA) is 61.8 Å². The molecule has 0 spiro atoms. The van der Waals surface area contributed by atoms with Crippen molar-refractivity contribution in [3.05, 3.63) is 0 Å². The summed E-state index contributed by atoms with van der Waals surface area (Å²) in [6, 6.07) is 2.80. The van der Waals surface area contributed by atoms with Crippen LogP contribution in [0, 0.1) is 5.92 Å². The van der Waals surface area contributed by atoms with Gasteiger partial charge < -0.3 is 15.2 Å². The third-order valence-electron chi connectivity index (χ3n) is 8.88. The molecule has 2 heterocycles. The van der Waals surface area contributed by atoms with Crippen LogP contribution in [-0.2, 0) is 9.53 Å². The summed E-state index contributed by atoms with van der Waals surface area (Å²) in [4.78, 5) is 12.8. The van der Waals surface area contributed by atoms with E-state index in [2.05, 4.69) is 51.8 Å². The van der Waals surface area contributed by atoms with Crippen LogP contribution in [0.15, 0.2) is 0 Å². The molecule has 43 heavy (non-hydrogen) atoms. The molecule has 2 N–H and O–H groups in total. The fourth-order valence-electron chi connectivity index (χ4n) is 6.21. The summed E-state index contributed by atoms with van der Waals surface area (Å²) < 4.78 is 6.13. The van der Waals surface area contributed by atoms with Crippen molar-refractivity contribution in [2.24, 2.45) is 5.92 Å². The van der Waals surface area contributed by atoms with Gasteiger partial charge in [-0.05, 0) is 78.2 Å². The molecule has 0 aromatic carbocycles. The fourth-order valence-corrected chi connectivity index (χ4v) is 6.21. The highest BCUT2D eigenvalue weighted by Crippen LogP contribution is 2.30. The molecule has 2 rings (SSSR count). The van der Waals surface area contributed by atoms with Crippen LogP contribution in [0.1, 0.15) is 192 Å². The summed E-state index contributed by atoms with van der Waals surface area (Å²) in [6.07, 6.45) is 21.3. The lowest BCUT2D eigenvalue weighted by molar-refractivity contribution is -0.137. The molecule has 0 unspecified atom stereocenters. The van der Waals surface area contributed by atoms with Gasteiger partial charge >= 0.3 is 5.97 Å². The van der Waals surface area contributed by atoms with Crippen molar-refractivity contribution in [2.75, 3.05) is 13.2 Å². The van der Waals surface area contributed by atoms with Gasteiger partial charge in [-0.15, -0.1) is 0 Å². The minimum absolute atomic E-state index is 0.337. The van der Waals surface area contributed by atoms with Crippen LogP contribution < -0.4 is 5.32 Å². The van der Waals surface area contributed by atoms with E-state index >= 15 is 0 Å². The van der Waals surface area contributed by atoms with Crippen LogP contribution in [0.3, 0.4) is 0 Å². The molecule has 2 aliphatic rings. The van der Waals surface area contributed by atoms with E-state index in [0.717, 1.165) is 37.5 Å². The molecule has 0 aromatic rings. The number of unbranched alkanes of at least 4 members (excludes halogenated alkanes) is 9. The van der Waals surface area contributed by atoms with Crippen LogP contribution in [-0.4, -0.2) is 59.4 Å². The number of nitrogens with one attached hydrogen (secondary N) is 1. The highest BCUT2D eigenvalue weighted by atomic mass is 16.5. The molecule has 5 heteroatoms. The van der Waals surface area contributed by atoms with Gasteiger partial charge in [0.05, 0.1) is 6.10 Å². The summed E-state index contributed by atoms with van der Waals surface area (Å²) in [5.74, 6) is 0.204. The Bertz CT molecular complexity index is 559. The average Bonchev–Trinajstić information content (AvgIpc) is 3.02. The molecule has 2 fully saturated rings. The molecule has 2 saturated heterocycles. The van der Waals surface area contributed by atoms with E-state index in [-0.39, 0.29) is 0 Å². The molecule has 0 aliphatic carbocycles. The second-order valence-corrected chi connectivity index (χ2v) is 12.1. The van der Waals surface area contributed by atoms with Gasteiger partial charge in [0.15, 0.2) is 0 Å². The third kappa shape index (κ3) is 25.3. The first-order valence-electron chi connectivity index (χ1n) is 19.1. The van der Waals surface area contributed by atoms with Gasteiger partial charge in [-0.1, -0.05) is 120 Å². The number of likely N-dealkylation sites (tertiary alicyclic amines) is 1. The standard InChI is InChI=1S/C24H48N2O.C8H16O2.3C2H6/c1-6-26-22(5)19(2)14-16-23(26)13-11-9-7-8-10-12-18-27-24-17-15-20(3)25-21(24)4;1-2-3-4-5-6-7-8(9)10;3*1-2/h19-25H,6-18H2,1-5H3;2-7H2,1H3,(H,9,10);3*1-2H3/t19-,20+,21-,22-,23+,24-;;;;/m0..../s1. The fraction of sp³-hybridized carbons (Fsp3) is 0.974. The smallest absolute Gasteiger partial charge is 0.303 e. The second kappa shape index (κ2) is 34.2. The lowest BCUT2D eigenvalue weighted by Gasteiger charge is -2.43. The lowest BCUT2D eigenvalue weighted by Crippen LogP contribution is -2.48. The average molecular weight is 615 g/mol. The molecule has 0 radical (unpaired) electrons. The summed E-state index contributed by atoms with van der Waals surface area (Å²) in [7, 11) is 0. The van der Waals surface area contributed by atoms with Crippen molar-refractivity contribution in [2.45, 2.75) is 223 Å². The summed E-state index contributed by atoms with van der Waals surface area (Å²) in [6.45, 7) is 28.1. The largest absolute Gasteiger partial charge is 0.481 e. The summed E-state index contributed by atoms with van der Waals surface area (Å²) in [5, 5.41) is 11.9. The minimum Gasteiger partial charge on any atom is -0.481 e. The molecule has 2 aliphatic heterocycles. The van der Waals surface area contributed by atoms with Crippen molar-refractivity contribution in [1.29, 1.82) is 0 Å². The maximum absolute atomic E-state index is 10.0. The molecule has 0 aromatic heterocycles. The van der Waals surface area contributed by atoms with Gasteiger partial charge in [-0.25, -0.2) is 0 Å². The van der Waals surface area contributed by atoms with Crippen molar-refractivity contribution in [1.82, 2.24) is 10.2 Å². The van der Waals surface area contributed by atoms with Gasteiger partial charge in [-0.3, -0.25) is 9.69 Å². The van der Waals surface area contributed by atoms with Crippen molar-refractivity contribution in [3.8, 4) is 0 Å². The Kier molecular flexibility index (Phi) is 37.2. The molecular formula is C38H82N2O3. The number of hydrogen-bond acceptors (Lipinski definition) is 4. The highest BCUT2D eigenvalue weighted by Gasteiger charge is 2.30. The first kappa shape index (κ1) is 46.8. The number of carboxylic acid groups (broad SMARTS) is 1. The predicted octanol–water partition coefficient (Wildman–Crippen LogP) is 11.3. The molecule has 0 amide bonds. The Morgan fingerprint density at radius 3 is 1.86 bits per heavy atom. The van der Waals surface area contributed by atoms with Crippen molar-refractivity contribution in [3.63, 3.8) is 0 Å². The Morgan fingerprint density at radius 2 is 1.30 bits per heavy atom. The SMILES string of the molecule is CC.CC.CC.CCCCCCCC(=O)O.CCN1[C@H](CCCCCCCCO[C@H]2CC[C@@H](C)N[C@H]2C)CC[C@H](C)[C@@H]1C. The second-order valence-electron chi connectivity index (χ2n) is 12.1. The zero-order valence-electron chi connectivity index (χ0n) is 31.6. The predicted molar refractivity (Wildman–Crippen MR) is 192 cm³/mol. The maximum atomic E-state index is 10.0. The van der Waals surface area contributed by atoms with Crippen molar-refractivity contribution >= 4 is 5.97 Å². The van der Waals surface area contributed by atoms with Crippen LogP contribution in [0.25, 0.3) is 0 Å². The van der Waals surface area contributed by atoms with Gasteiger partial charge in [0.25, 0.3) is 0 Å². The van der Waals surface area contributed by atoms with Gasteiger partial charge in [0, 0.05) is 37.2 Å². The first-order chi connectivity index (χ1) is 20.8. The van der Waals surface area contributed by atoms with Crippen LogP contribution in [0.4, 0.5) is 0 Å². The quantitative estimate of drug-likeness (QED) is 0.160. The van der Waals surface area contributed by atoms with E-state index in [1.165, 1.54) is 96.4 Å². The number of nitrogens with zero attached hydrogens (tertiary/aromatic N) is 1. The van der Waals surface area contributed by atoms with Crippen LogP contribution in [0.2, 0.25) is 0 Å². The van der Waals surface area contributed by atoms with E-state index in [9.17, 15) is 4.79 Å². The highest BCUT2D eigenvalue weighted by molar-refractivity contribution is 5.66. The van der Waals surface area contributed by atoms with Crippen molar-refractivity contribution < 1.29 is 14.6 Å². The first-order valence-corrected chi connectivity index (χ1v) is 19.1.